The molecular weight excluding hydrogens is 300 g/mol. The van der Waals surface area contributed by atoms with Gasteiger partial charge in [0.1, 0.15) is 0 Å². The number of anilines is 1. The van der Waals surface area contributed by atoms with Gasteiger partial charge in [-0.1, -0.05) is 52.2 Å². The molecule has 24 heavy (non-hydrogen) atoms. The minimum absolute atomic E-state index is 0.00445. The Labute approximate surface area is 145 Å². The summed E-state index contributed by atoms with van der Waals surface area (Å²) < 4.78 is 0. The molecule has 1 saturated carbocycles. The fourth-order valence-corrected chi connectivity index (χ4v) is 3.39. The van der Waals surface area contributed by atoms with E-state index < -0.39 is 5.41 Å². The van der Waals surface area contributed by atoms with Gasteiger partial charge in [-0.25, -0.2) is 0 Å². The molecule has 0 heterocycles. The normalized spacial score (nSPS) is 16.7. The van der Waals surface area contributed by atoms with Crippen molar-refractivity contribution in [1.82, 2.24) is 5.32 Å². The van der Waals surface area contributed by atoms with Crippen LogP contribution in [-0.4, -0.2) is 18.4 Å². The Morgan fingerprint density at radius 3 is 2.25 bits per heavy atom. The predicted octanol–water partition coefficient (Wildman–Crippen LogP) is 4.01. The molecule has 0 bridgehead atoms. The van der Waals surface area contributed by atoms with Crippen LogP contribution in [0, 0.1) is 5.92 Å². The summed E-state index contributed by atoms with van der Waals surface area (Å²) in [6.07, 6.45) is 5.63. The first-order valence-electron chi connectivity index (χ1n) is 9.16. The first-order chi connectivity index (χ1) is 11.5. The largest absolute Gasteiger partial charge is 0.355 e. The number of carbonyl (C=O) groups is 2. The van der Waals surface area contributed by atoms with Crippen LogP contribution < -0.4 is 10.6 Å². The highest BCUT2D eigenvalue weighted by Crippen LogP contribution is 2.40. The predicted molar refractivity (Wildman–Crippen MR) is 98.0 cm³/mol. The van der Waals surface area contributed by atoms with Gasteiger partial charge in [-0.3, -0.25) is 9.59 Å². The molecule has 0 aliphatic heterocycles. The molecule has 0 aromatic heterocycles. The van der Waals surface area contributed by atoms with Crippen LogP contribution in [0.4, 0.5) is 5.69 Å². The Morgan fingerprint density at radius 2 is 1.71 bits per heavy atom. The Morgan fingerprint density at radius 1 is 1.08 bits per heavy atom. The van der Waals surface area contributed by atoms with Crippen LogP contribution in [0.25, 0.3) is 0 Å². The summed E-state index contributed by atoms with van der Waals surface area (Å²) >= 11 is 0. The molecule has 4 heteroatoms. The zero-order valence-electron chi connectivity index (χ0n) is 15.2. The van der Waals surface area contributed by atoms with Crippen LogP contribution in [0.2, 0.25) is 0 Å². The van der Waals surface area contributed by atoms with Crippen molar-refractivity contribution in [2.75, 3.05) is 11.9 Å². The average molecular weight is 330 g/mol. The zero-order chi connectivity index (χ0) is 17.6. The summed E-state index contributed by atoms with van der Waals surface area (Å²) in [7, 11) is 0. The van der Waals surface area contributed by atoms with E-state index in [-0.39, 0.29) is 11.8 Å². The molecule has 1 fully saturated rings. The Kier molecular flexibility index (Phi) is 6.41. The van der Waals surface area contributed by atoms with E-state index in [1.165, 1.54) is 6.42 Å². The lowest BCUT2D eigenvalue weighted by atomic mass is 9.68. The lowest BCUT2D eigenvalue weighted by Gasteiger charge is -2.36. The summed E-state index contributed by atoms with van der Waals surface area (Å²) in [5, 5.41) is 6.00. The number of amides is 2. The maximum atomic E-state index is 13.0. The standard InChI is InChI=1S/C20H30N2O2/c1-4-18(23)22-17-10-8-16(9-11-17)20(12-6-5-7-13-20)19(24)21-14-15(2)3/h8-11,15H,4-7,12-14H2,1-3H3,(H,21,24)(H,22,23). The highest BCUT2D eigenvalue weighted by atomic mass is 16.2. The lowest BCUT2D eigenvalue weighted by molar-refractivity contribution is -0.128. The van der Waals surface area contributed by atoms with Crippen molar-refractivity contribution in [3.63, 3.8) is 0 Å². The number of benzene rings is 1. The topological polar surface area (TPSA) is 58.2 Å². The number of hydrogen-bond acceptors (Lipinski definition) is 2. The van der Waals surface area contributed by atoms with E-state index in [0.29, 0.717) is 18.9 Å². The Hall–Kier alpha value is -1.84. The third kappa shape index (κ3) is 4.37. The molecule has 1 aliphatic rings. The molecule has 1 aromatic rings. The van der Waals surface area contributed by atoms with Gasteiger partial charge in [0.2, 0.25) is 11.8 Å². The van der Waals surface area contributed by atoms with Gasteiger partial charge in [-0.05, 0) is 36.5 Å². The van der Waals surface area contributed by atoms with Crippen LogP contribution in [0.15, 0.2) is 24.3 Å². The van der Waals surface area contributed by atoms with E-state index in [1.54, 1.807) is 0 Å². The highest BCUT2D eigenvalue weighted by molar-refractivity contribution is 5.91. The van der Waals surface area contributed by atoms with E-state index in [0.717, 1.165) is 36.9 Å². The average Bonchev–Trinajstić information content (AvgIpc) is 2.60. The molecule has 1 aromatic carbocycles. The molecule has 0 saturated heterocycles. The fourth-order valence-electron chi connectivity index (χ4n) is 3.39. The first-order valence-corrected chi connectivity index (χ1v) is 9.16. The monoisotopic (exact) mass is 330 g/mol. The van der Waals surface area contributed by atoms with Gasteiger partial charge in [0.25, 0.3) is 0 Å². The first kappa shape index (κ1) is 18.5. The Balaban J connectivity index is 2.21. The molecule has 2 rings (SSSR count). The molecule has 1 aliphatic carbocycles. The van der Waals surface area contributed by atoms with Crippen LogP contribution in [0.5, 0.6) is 0 Å². The second-order valence-electron chi connectivity index (χ2n) is 7.23. The van der Waals surface area contributed by atoms with Gasteiger partial charge in [-0.2, -0.15) is 0 Å². The van der Waals surface area contributed by atoms with Crippen molar-refractivity contribution in [2.45, 2.75) is 64.7 Å². The molecule has 2 N–H and O–H groups in total. The van der Waals surface area contributed by atoms with E-state index in [1.807, 2.05) is 31.2 Å². The molecular formula is C20H30N2O2. The van der Waals surface area contributed by atoms with Crippen molar-refractivity contribution < 1.29 is 9.59 Å². The summed E-state index contributed by atoms with van der Waals surface area (Å²) in [6, 6.07) is 7.83. The number of nitrogens with one attached hydrogen (secondary N) is 2. The van der Waals surface area contributed by atoms with Crippen molar-refractivity contribution in [3.05, 3.63) is 29.8 Å². The van der Waals surface area contributed by atoms with Crippen LogP contribution in [0.1, 0.15) is 64.9 Å². The summed E-state index contributed by atoms with van der Waals surface area (Å²) in [5.74, 6) is 0.604. The maximum absolute atomic E-state index is 13.0. The molecule has 0 atom stereocenters. The lowest BCUT2D eigenvalue weighted by Crippen LogP contribution is -2.46. The minimum Gasteiger partial charge on any atom is -0.355 e. The molecule has 0 spiro atoms. The number of carbonyl (C=O) groups excluding carboxylic acids is 2. The van der Waals surface area contributed by atoms with Crippen LogP contribution >= 0.6 is 0 Å². The second kappa shape index (κ2) is 8.32. The van der Waals surface area contributed by atoms with Crippen molar-refractivity contribution >= 4 is 17.5 Å². The molecule has 132 valence electrons. The maximum Gasteiger partial charge on any atom is 0.230 e. The SMILES string of the molecule is CCC(=O)Nc1ccc(C2(C(=O)NCC(C)C)CCCCC2)cc1. The number of rotatable bonds is 6. The van der Waals surface area contributed by atoms with Gasteiger partial charge in [0, 0.05) is 18.7 Å². The van der Waals surface area contributed by atoms with Gasteiger partial charge in [0.05, 0.1) is 5.41 Å². The molecule has 0 radical (unpaired) electrons. The molecule has 2 amide bonds. The molecule has 4 nitrogen and oxygen atoms in total. The van der Waals surface area contributed by atoms with Gasteiger partial charge >= 0.3 is 0 Å². The second-order valence-corrected chi connectivity index (χ2v) is 7.23. The smallest absolute Gasteiger partial charge is 0.230 e. The van der Waals surface area contributed by atoms with E-state index >= 15 is 0 Å². The zero-order valence-corrected chi connectivity index (χ0v) is 15.2. The van der Waals surface area contributed by atoms with Crippen molar-refractivity contribution in [3.8, 4) is 0 Å². The van der Waals surface area contributed by atoms with Gasteiger partial charge in [0.15, 0.2) is 0 Å². The summed E-state index contributed by atoms with van der Waals surface area (Å²) in [6.45, 7) is 6.77. The van der Waals surface area contributed by atoms with Crippen LogP contribution in [-0.2, 0) is 15.0 Å². The van der Waals surface area contributed by atoms with Gasteiger partial charge < -0.3 is 10.6 Å². The van der Waals surface area contributed by atoms with E-state index in [9.17, 15) is 9.59 Å². The fraction of sp³-hybridized carbons (Fsp3) is 0.600. The number of hydrogen-bond donors (Lipinski definition) is 2. The highest BCUT2D eigenvalue weighted by Gasteiger charge is 2.40. The third-order valence-electron chi connectivity index (χ3n) is 4.85. The Bertz CT molecular complexity index is 558. The van der Waals surface area contributed by atoms with Crippen molar-refractivity contribution in [1.29, 1.82) is 0 Å². The van der Waals surface area contributed by atoms with Crippen LogP contribution in [0.3, 0.4) is 0 Å². The van der Waals surface area contributed by atoms with Crippen molar-refractivity contribution in [2.24, 2.45) is 5.92 Å². The van der Waals surface area contributed by atoms with E-state index in [2.05, 4.69) is 24.5 Å². The summed E-state index contributed by atoms with van der Waals surface area (Å²) in [5.41, 5.74) is 1.44. The molecule has 0 unspecified atom stereocenters. The quantitative estimate of drug-likeness (QED) is 0.828. The summed E-state index contributed by atoms with van der Waals surface area (Å²) in [4.78, 5) is 24.5. The minimum atomic E-state index is -0.416. The van der Waals surface area contributed by atoms with Gasteiger partial charge in [-0.15, -0.1) is 0 Å². The van der Waals surface area contributed by atoms with E-state index in [4.69, 9.17) is 0 Å². The third-order valence-corrected chi connectivity index (χ3v) is 4.85.